The molecule has 2 N–H and O–H groups in total. The Morgan fingerprint density at radius 1 is 1.57 bits per heavy atom. The second-order valence-electron chi connectivity index (χ2n) is 3.49. The highest BCUT2D eigenvalue weighted by molar-refractivity contribution is 5.73. The van der Waals surface area contributed by atoms with Crippen molar-refractivity contribution in [2.45, 2.75) is 37.8 Å². The fourth-order valence-corrected chi connectivity index (χ4v) is 1.51. The van der Waals surface area contributed by atoms with Gasteiger partial charge in [-0.3, -0.25) is 9.63 Å². The van der Waals surface area contributed by atoms with Crippen molar-refractivity contribution >= 4 is 5.97 Å². The molecule has 0 aromatic carbocycles. The summed E-state index contributed by atoms with van der Waals surface area (Å²) in [5.74, 6) is -0.954. The average molecular weight is 203 g/mol. The van der Waals surface area contributed by atoms with Crippen molar-refractivity contribution in [1.29, 1.82) is 0 Å². The number of aliphatic carboxylic acids is 1. The van der Waals surface area contributed by atoms with E-state index in [4.69, 9.17) is 14.7 Å². The zero-order valence-electron chi connectivity index (χ0n) is 8.36. The van der Waals surface area contributed by atoms with Crippen LogP contribution in [-0.4, -0.2) is 36.9 Å². The largest absolute Gasteiger partial charge is 0.480 e. The SMILES string of the molecule is COCC(NOC1CCCC1)C(=O)O. The van der Waals surface area contributed by atoms with Crippen molar-refractivity contribution < 1.29 is 19.5 Å². The molecule has 0 aromatic rings. The summed E-state index contributed by atoms with van der Waals surface area (Å²) in [4.78, 5) is 15.9. The molecule has 0 bridgehead atoms. The predicted octanol–water partition coefficient (Wildman–Crippen LogP) is 0.550. The third-order valence-corrected chi connectivity index (χ3v) is 2.31. The van der Waals surface area contributed by atoms with E-state index in [1.165, 1.54) is 7.11 Å². The van der Waals surface area contributed by atoms with Crippen LogP contribution < -0.4 is 5.48 Å². The third kappa shape index (κ3) is 3.61. The molecular weight excluding hydrogens is 186 g/mol. The summed E-state index contributed by atoms with van der Waals surface area (Å²) in [5, 5.41) is 8.76. The van der Waals surface area contributed by atoms with Crippen molar-refractivity contribution in [3.63, 3.8) is 0 Å². The Morgan fingerprint density at radius 2 is 2.21 bits per heavy atom. The van der Waals surface area contributed by atoms with E-state index in [0.717, 1.165) is 25.7 Å². The second kappa shape index (κ2) is 5.95. The summed E-state index contributed by atoms with van der Waals surface area (Å²) in [6, 6.07) is -0.777. The van der Waals surface area contributed by atoms with Gasteiger partial charge in [-0.05, 0) is 12.8 Å². The van der Waals surface area contributed by atoms with E-state index in [9.17, 15) is 4.79 Å². The van der Waals surface area contributed by atoms with E-state index < -0.39 is 12.0 Å². The lowest BCUT2D eigenvalue weighted by molar-refractivity contribution is -0.148. The number of carboxylic acids is 1. The van der Waals surface area contributed by atoms with Gasteiger partial charge in [-0.2, -0.15) is 5.48 Å². The van der Waals surface area contributed by atoms with Gasteiger partial charge in [0.1, 0.15) is 0 Å². The molecule has 1 fully saturated rings. The number of rotatable bonds is 6. The minimum absolute atomic E-state index is 0.113. The molecule has 0 aromatic heterocycles. The van der Waals surface area contributed by atoms with Gasteiger partial charge in [0.25, 0.3) is 0 Å². The summed E-state index contributed by atoms with van der Waals surface area (Å²) in [6.07, 6.45) is 4.50. The van der Waals surface area contributed by atoms with E-state index in [2.05, 4.69) is 5.48 Å². The summed E-state index contributed by atoms with van der Waals surface area (Å²) in [5.41, 5.74) is 2.54. The second-order valence-corrected chi connectivity index (χ2v) is 3.49. The van der Waals surface area contributed by atoms with Crippen LogP contribution in [0.25, 0.3) is 0 Å². The van der Waals surface area contributed by atoms with Crippen molar-refractivity contribution in [2.75, 3.05) is 13.7 Å². The number of ether oxygens (including phenoxy) is 1. The zero-order chi connectivity index (χ0) is 10.4. The molecule has 14 heavy (non-hydrogen) atoms. The monoisotopic (exact) mass is 203 g/mol. The number of hydrogen-bond donors (Lipinski definition) is 2. The molecule has 0 amide bonds. The first-order valence-corrected chi connectivity index (χ1v) is 4.87. The fraction of sp³-hybridized carbons (Fsp3) is 0.889. The molecule has 5 heteroatoms. The molecule has 1 aliphatic carbocycles. The summed E-state index contributed by atoms with van der Waals surface area (Å²) >= 11 is 0. The van der Waals surface area contributed by atoms with Gasteiger partial charge in [0.05, 0.1) is 12.7 Å². The quantitative estimate of drug-likeness (QED) is 0.617. The molecule has 1 rings (SSSR count). The topological polar surface area (TPSA) is 67.8 Å². The van der Waals surface area contributed by atoms with E-state index in [-0.39, 0.29) is 12.7 Å². The lowest BCUT2D eigenvalue weighted by atomic mass is 10.3. The van der Waals surface area contributed by atoms with Crippen molar-refractivity contribution in [2.24, 2.45) is 0 Å². The van der Waals surface area contributed by atoms with Crippen LogP contribution >= 0.6 is 0 Å². The molecule has 1 atom stereocenters. The Labute approximate surface area is 83.3 Å². The smallest absolute Gasteiger partial charge is 0.325 e. The molecule has 1 saturated carbocycles. The minimum atomic E-state index is -0.954. The van der Waals surface area contributed by atoms with Crippen LogP contribution in [0.1, 0.15) is 25.7 Å². The molecular formula is C9H17NO4. The predicted molar refractivity (Wildman–Crippen MR) is 49.8 cm³/mol. The van der Waals surface area contributed by atoms with Gasteiger partial charge < -0.3 is 9.84 Å². The number of carboxylic acid groups (broad SMARTS) is 1. The number of hydroxylamine groups is 1. The van der Waals surface area contributed by atoms with Gasteiger partial charge in [0.2, 0.25) is 0 Å². The van der Waals surface area contributed by atoms with E-state index in [0.29, 0.717) is 0 Å². The molecule has 0 heterocycles. The summed E-state index contributed by atoms with van der Waals surface area (Å²) < 4.78 is 4.76. The fourth-order valence-electron chi connectivity index (χ4n) is 1.51. The standard InChI is InChI=1S/C9H17NO4/c1-13-6-8(9(11)12)10-14-7-4-2-3-5-7/h7-8,10H,2-6H2,1H3,(H,11,12). The Bertz CT molecular complexity index is 180. The molecule has 82 valence electrons. The molecule has 1 unspecified atom stereocenters. The minimum Gasteiger partial charge on any atom is -0.480 e. The van der Waals surface area contributed by atoms with Gasteiger partial charge in [0.15, 0.2) is 6.04 Å². The molecule has 0 saturated heterocycles. The Morgan fingerprint density at radius 3 is 2.71 bits per heavy atom. The first-order valence-electron chi connectivity index (χ1n) is 4.87. The van der Waals surface area contributed by atoms with Gasteiger partial charge >= 0.3 is 5.97 Å². The zero-order valence-corrected chi connectivity index (χ0v) is 8.36. The maximum absolute atomic E-state index is 10.7. The number of hydrogen-bond acceptors (Lipinski definition) is 4. The highest BCUT2D eigenvalue weighted by Gasteiger charge is 2.21. The lowest BCUT2D eigenvalue weighted by Gasteiger charge is -2.16. The van der Waals surface area contributed by atoms with Crippen molar-refractivity contribution in [3.05, 3.63) is 0 Å². The van der Waals surface area contributed by atoms with Crippen LogP contribution in [-0.2, 0) is 14.4 Å². The van der Waals surface area contributed by atoms with Crippen molar-refractivity contribution in [3.8, 4) is 0 Å². The van der Waals surface area contributed by atoms with Crippen molar-refractivity contribution in [1.82, 2.24) is 5.48 Å². The van der Waals surface area contributed by atoms with Gasteiger partial charge in [-0.15, -0.1) is 0 Å². The third-order valence-electron chi connectivity index (χ3n) is 2.31. The van der Waals surface area contributed by atoms with Crippen LogP contribution in [0, 0.1) is 0 Å². The number of carbonyl (C=O) groups is 1. The molecule has 0 spiro atoms. The van der Waals surface area contributed by atoms with Crippen LogP contribution in [0.2, 0.25) is 0 Å². The van der Waals surface area contributed by atoms with E-state index >= 15 is 0 Å². The molecule has 5 nitrogen and oxygen atoms in total. The maximum Gasteiger partial charge on any atom is 0.325 e. The van der Waals surface area contributed by atoms with Crippen LogP contribution in [0.3, 0.4) is 0 Å². The first kappa shape index (κ1) is 11.4. The van der Waals surface area contributed by atoms with Gasteiger partial charge in [-0.1, -0.05) is 12.8 Å². The summed E-state index contributed by atoms with van der Waals surface area (Å²) in [7, 11) is 1.47. The Kier molecular flexibility index (Phi) is 4.86. The average Bonchev–Trinajstić information content (AvgIpc) is 2.64. The van der Waals surface area contributed by atoms with Gasteiger partial charge in [-0.25, -0.2) is 0 Å². The normalized spacial score (nSPS) is 19.8. The number of methoxy groups -OCH3 is 1. The first-order chi connectivity index (χ1) is 6.74. The lowest BCUT2D eigenvalue weighted by Crippen LogP contribution is -2.41. The van der Waals surface area contributed by atoms with Crippen LogP contribution in [0.4, 0.5) is 0 Å². The Hall–Kier alpha value is -0.650. The molecule has 1 aliphatic rings. The highest BCUT2D eigenvalue weighted by Crippen LogP contribution is 2.19. The molecule has 0 radical (unpaired) electrons. The van der Waals surface area contributed by atoms with Crippen LogP contribution in [0.15, 0.2) is 0 Å². The van der Waals surface area contributed by atoms with Gasteiger partial charge in [0, 0.05) is 7.11 Å². The maximum atomic E-state index is 10.7. The highest BCUT2D eigenvalue weighted by atomic mass is 16.7. The molecule has 0 aliphatic heterocycles. The Balaban J connectivity index is 2.21. The van der Waals surface area contributed by atoms with E-state index in [1.807, 2.05) is 0 Å². The summed E-state index contributed by atoms with van der Waals surface area (Å²) in [6.45, 7) is 0.113. The van der Waals surface area contributed by atoms with E-state index in [1.54, 1.807) is 0 Å². The van der Waals surface area contributed by atoms with Crippen LogP contribution in [0.5, 0.6) is 0 Å². The number of nitrogens with one attached hydrogen (secondary N) is 1.